The largest absolute Gasteiger partial charge is 0.352 e. The molecule has 0 bridgehead atoms. The van der Waals surface area contributed by atoms with Gasteiger partial charge in [-0.1, -0.05) is 18.2 Å². The predicted molar refractivity (Wildman–Crippen MR) is 85.0 cm³/mol. The Labute approximate surface area is 134 Å². The third kappa shape index (κ3) is 4.61. The standard InChI is InChI=1S/C16H17FN2O3S/c1-11-8-13(10-14(9-11)23(18,21)22)16(20)19-7-6-12-4-2-3-5-15(12)17/h2-5,8-10H,6-7H2,1H3,(H,19,20)(H2,18,21,22). The molecule has 2 aromatic carbocycles. The van der Waals surface area contributed by atoms with Crippen molar-refractivity contribution < 1.29 is 17.6 Å². The third-order valence-electron chi connectivity index (χ3n) is 3.28. The van der Waals surface area contributed by atoms with Crippen LogP contribution in [-0.2, 0) is 16.4 Å². The summed E-state index contributed by atoms with van der Waals surface area (Å²) in [5.41, 5.74) is 1.31. The average molecular weight is 336 g/mol. The smallest absolute Gasteiger partial charge is 0.251 e. The van der Waals surface area contributed by atoms with Gasteiger partial charge in [0.25, 0.3) is 5.91 Å². The van der Waals surface area contributed by atoms with E-state index in [4.69, 9.17) is 5.14 Å². The van der Waals surface area contributed by atoms with Gasteiger partial charge < -0.3 is 5.32 Å². The molecule has 7 heteroatoms. The molecule has 0 atom stereocenters. The number of sulfonamides is 1. The first-order valence-corrected chi connectivity index (χ1v) is 8.48. The number of carbonyl (C=O) groups excluding carboxylic acids is 1. The van der Waals surface area contributed by atoms with Gasteiger partial charge in [0.15, 0.2) is 0 Å². The van der Waals surface area contributed by atoms with Crippen LogP contribution in [0.15, 0.2) is 47.4 Å². The van der Waals surface area contributed by atoms with E-state index in [2.05, 4.69) is 5.32 Å². The number of amides is 1. The summed E-state index contributed by atoms with van der Waals surface area (Å²) >= 11 is 0. The number of nitrogens with two attached hydrogens (primary N) is 1. The quantitative estimate of drug-likeness (QED) is 0.872. The highest BCUT2D eigenvalue weighted by atomic mass is 32.2. The lowest BCUT2D eigenvalue weighted by molar-refractivity contribution is 0.0953. The second kappa shape index (κ2) is 6.89. The lowest BCUT2D eigenvalue weighted by Crippen LogP contribution is -2.26. The van der Waals surface area contributed by atoms with Crippen molar-refractivity contribution in [1.82, 2.24) is 5.32 Å². The minimum atomic E-state index is -3.88. The molecule has 0 aliphatic rings. The fourth-order valence-corrected chi connectivity index (χ4v) is 2.80. The first kappa shape index (κ1) is 17.1. The molecule has 0 aromatic heterocycles. The van der Waals surface area contributed by atoms with Gasteiger partial charge in [0.05, 0.1) is 4.90 Å². The van der Waals surface area contributed by atoms with Crippen LogP contribution in [0, 0.1) is 12.7 Å². The number of benzene rings is 2. The molecule has 0 fully saturated rings. The molecule has 0 aliphatic heterocycles. The third-order valence-corrected chi connectivity index (χ3v) is 4.17. The SMILES string of the molecule is Cc1cc(C(=O)NCCc2ccccc2F)cc(S(N)(=O)=O)c1. The molecule has 0 heterocycles. The number of halogens is 1. The van der Waals surface area contributed by atoms with E-state index in [1.54, 1.807) is 31.2 Å². The molecule has 0 unspecified atom stereocenters. The molecular weight excluding hydrogens is 319 g/mol. The molecule has 2 aromatic rings. The van der Waals surface area contributed by atoms with Crippen molar-refractivity contribution in [3.05, 3.63) is 65.0 Å². The van der Waals surface area contributed by atoms with Crippen LogP contribution in [0.25, 0.3) is 0 Å². The van der Waals surface area contributed by atoms with E-state index in [9.17, 15) is 17.6 Å². The molecule has 0 saturated carbocycles. The van der Waals surface area contributed by atoms with Crippen molar-refractivity contribution in [2.24, 2.45) is 5.14 Å². The van der Waals surface area contributed by atoms with Crippen molar-refractivity contribution in [2.45, 2.75) is 18.2 Å². The molecule has 0 spiro atoms. The molecule has 0 aliphatic carbocycles. The summed E-state index contributed by atoms with van der Waals surface area (Å²) in [5.74, 6) is -0.760. The number of primary sulfonamides is 1. The number of carbonyl (C=O) groups is 1. The van der Waals surface area contributed by atoms with Crippen LogP contribution in [0.2, 0.25) is 0 Å². The number of aryl methyl sites for hydroxylation is 1. The van der Waals surface area contributed by atoms with E-state index in [-0.39, 0.29) is 22.8 Å². The Hall–Kier alpha value is -2.25. The van der Waals surface area contributed by atoms with E-state index < -0.39 is 15.9 Å². The van der Waals surface area contributed by atoms with Crippen LogP contribution in [0.1, 0.15) is 21.5 Å². The molecule has 122 valence electrons. The van der Waals surface area contributed by atoms with E-state index in [0.29, 0.717) is 17.5 Å². The monoisotopic (exact) mass is 336 g/mol. The maximum atomic E-state index is 13.5. The Morgan fingerprint density at radius 3 is 2.57 bits per heavy atom. The van der Waals surface area contributed by atoms with Gasteiger partial charge in [-0.15, -0.1) is 0 Å². The molecule has 23 heavy (non-hydrogen) atoms. The van der Waals surface area contributed by atoms with Crippen LogP contribution >= 0.6 is 0 Å². The Kier molecular flexibility index (Phi) is 5.12. The van der Waals surface area contributed by atoms with Crippen LogP contribution in [0.4, 0.5) is 4.39 Å². The molecule has 2 rings (SSSR count). The maximum Gasteiger partial charge on any atom is 0.251 e. The zero-order chi connectivity index (χ0) is 17.0. The second-order valence-electron chi connectivity index (χ2n) is 5.18. The highest BCUT2D eigenvalue weighted by Gasteiger charge is 2.13. The fourth-order valence-electron chi connectivity index (χ4n) is 2.16. The van der Waals surface area contributed by atoms with Crippen molar-refractivity contribution in [3.8, 4) is 0 Å². The van der Waals surface area contributed by atoms with Crippen molar-refractivity contribution in [1.29, 1.82) is 0 Å². The van der Waals surface area contributed by atoms with E-state index >= 15 is 0 Å². The molecule has 1 amide bonds. The van der Waals surface area contributed by atoms with Gasteiger partial charge in [-0.2, -0.15) is 0 Å². The van der Waals surface area contributed by atoms with Crippen molar-refractivity contribution in [3.63, 3.8) is 0 Å². The van der Waals surface area contributed by atoms with Crippen LogP contribution < -0.4 is 10.5 Å². The number of hydrogen-bond donors (Lipinski definition) is 2. The Bertz CT molecular complexity index is 835. The van der Waals surface area contributed by atoms with E-state index in [1.807, 2.05) is 0 Å². The zero-order valence-corrected chi connectivity index (χ0v) is 13.4. The molecular formula is C16H17FN2O3S. The summed E-state index contributed by atoms with van der Waals surface area (Å²) in [4.78, 5) is 12.0. The van der Waals surface area contributed by atoms with Gasteiger partial charge in [0.1, 0.15) is 5.82 Å². The number of rotatable bonds is 5. The summed E-state index contributed by atoms with van der Waals surface area (Å²) in [6.07, 6.45) is 0.340. The summed E-state index contributed by atoms with van der Waals surface area (Å²) in [6, 6.07) is 10.5. The van der Waals surface area contributed by atoms with Gasteiger partial charge in [-0.25, -0.2) is 17.9 Å². The van der Waals surface area contributed by atoms with E-state index in [0.717, 1.165) is 0 Å². The van der Waals surface area contributed by atoms with Gasteiger partial charge in [-0.05, 0) is 48.7 Å². The summed E-state index contributed by atoms with van der Waals surface area (Å²) in [7, 11) is -3.88. The Balaban J connectivity index is 2.07. The van der Waals surface area contributed by atoms with Crippen LogP contribution in [0.3, 0.4) is 0 Å². The first-order chi connectivity index (χ1) is 10.8. The highest BCUT2D eigenvalue weighted by Crippen LogP contribution is 2.14. The van der Waals surface area contributed by atoms with Crippen molar-refractivity contribution >= 4 is 15.9 Å². The van der Waals surface area contributed by atoms with Gasteiger partial charge in [-0.3, -0.25) is 4.79 Å². The first-order valence-electron chi connectivity index (χ1n) is 6.93. The lowest BCUT2D eigenvalue weighted by atomic mass is 10.1. The highest BCUT2D eigenvalue weighted by molar-refractivity contribution is 7.89. The second-order valence-corrected chi connectivity index (χ2v) is 6.74. The molecule has 0 radical (unpaired) electrons. The van der Waals surface area contributed by atoms with E-state index in [1.165, 1.54) is 18.2 Å². The number of hydrogen-bond acceptors (Lipinski definition) is 3. The Morgan fingerprint density at radius 1 is 1.22 bits per heavy atom. The maximum absolute atomic E-state index is 13.5. The molecule has 5 nitrogen and oxygen atoms in total. The molecule has 3 N–H and O–H groups in total. The fraction of sp³-hybridized carbons (Fsp3) is 0.188. The summed E-state index contributed by atoms with van der Waals surface area (Å²) in [5, 5.41) is 7.73. The summed E-state index contributed by atoms with van der Waals surface area (Å²) < 4.78 is 36.3. The minimum absolute atomic E-state index is 0.114. The van der Waals surface area contributed by atoms with Gasteiger partial charge in [0, 0.05) is 12.1 Å². The Morgan fingerprint density at radius 2 is 1.91 bits per heavy atom. The van der Waals surface area contributed by atoms with Crippen LogP contribution in [-0.4, -0.2) is 20.9 Å². The van der Waals surface area contributed by atoms with Crippen LogP contribution in [0.5, 0.6) is 0 Å². The zero-order valence-electron chi connectivity index (χ0n) is 12.5. The normalized spacial score (nSPS) is 11.3. The lowest BCUT2D eigenvalue weighted by Gasteiger charge is -2.08. The number of nitrogens with one attached hydrogen (secondary N) is 1. The van der Waals surface area contributed by atoms with Gasteiger partial charge in [0.2, 0.25) is 10.0 Å². The van der Waals surface area contributed by atoms with Gasteiger partial charge >= 0.3 is 0 Å². The minimum Gasteiger partial charge on any atom is -0.352 e. The average Bonchev–Trinajstić information content (AvgIpc) is 2.47. The van der Waals surface area contributed by atoms with Crippen molar-refractivity contribution in [2.75, 3.05) is 6.54 Å². The molecule has 0 saturated heterocycles. The predicted octanol–water partition coefficient (Wildman–Crippen LogP) is 1.75. The topological polar surface area (TPSA) is 89.3 Å². The summed E-state index contributed by atoms with van der Waals surface area (Å²) in [6.45, 7) is 1.91.